The van der Waals surface area contributed by atoms with Crippen LogP contribution in [0.2, 0.25) is 0 Å². The van der Waals surface area contributed by atoms with Crippen molar-refractivity contribution in [1.82, 2.24) is 5.32 Å². The molecule has 0 fully saturated rings. The fourth-order valence-corrected chi connectivity index (χ4v) is 1.56. The van der Waals surface area contributed by atoms with E-state index in [1.165, 1.54) is 12.1 Å². The second-order valence-corrected chi connectivity index (χ2v) is 3.30. The highest BCUT2D eigenvalue weighted by Gasteiger charge is 2.05. The van der Waals surface area contributed by atoms with Crippen LogP contribution in [-0.2, 0) is 6.54 Å². The van der Waals surface area contributed by atoms with Crippen molar-refractivity contribution < 1.29 is 9.52 Å². The van der Waals surface area contributed by atoms with Crippen LogP contribution >= 0.6 is 0 Å². The third kappa shape index (κ3) is 1.85. The Balaban J connectivity index is 2.74. The third-order valence-corrected chi connectivity index (χ3v) is 2.18. The Bertz CT molecular complexity index is 545. The minimum Gasteiger partial charge on any atom is -0.508 e. The maximum atomic E-state index is 11.2. The first-order valence-electron chi connectivity index (χ1n) is 4.61. The van der Waals surface area contributed by atoms with Gasteiger partial charge in [0, 0.05) is 24.1 Å². The molecule has 1 aromatic heterocycles. The maximum Gasteiger partial charge on any atom is 0.336 e. The predicted octanol–water partition coefficient (Wildman–Crippen LogP) is 1.22. The zero-order chi connectivity index (χ0) is 10.8. The number of phenols is 1. The van der Waals surface area contributed by atoms with Crippen molar-refractivity contribution in [2.24, 2.45) is 0 Å². The highest BCUT2D eigenvalue weighted by atomic mass is 16.4. The summed E-state index contributed by atoms with van der Waals surface area (Å²) < 4.78 is 4.99. The molecular formula is C11H11NO3. The van der Waals surface area contributed by atoms with Gasteiger partial charge in [-0.1, -0.05) is 0 Å². The first-order chi connectivity index (χ1) is 7.20. The number of aromatic hydroxyl groups is 1. The van der Waals surface area contributed by atoms with Gasteiger partial charge in [0.05, 0.1) is 0 Å². The second-order valence-electron chi connectivity index (χ2n) is 3.30. The summed E-state index contributed by atoms with van der Waals surface area (Å²) in [7, 11) is 1.81. The number of nitrogens with one attached hydrogen (secondary N) is 1. The number of benzene rings is 1. The van der Waals surface area contributed by atoms with Crippen molar-refractivity contribution in [1.29, 1.82) is 0 Å². The summed E-state index contributed by atoms with van der Waals surface area (Å²) in [5, 5.41) is 13.1. The van der Waals surface area contributed by atoms with E-state index in [-0.39, 0.29) is 5.75 Å². The van der Waals surface area contributed by atoms with Crippen LogP contribution < -0.4 is 10.9 Å². The lowest BCUT2D eigenvalue weighted by molar-refractivity contribution is 0.473. The average Bonchev–Trinajstić information content (AvgIpc) is 2.17. The number of hydrogen-bond donors (Lipinski definition) is 2. The van der Waals surface area contributed by atoms with Crippen LogP contribution in [0.15, 0.2) is 33.5 Å². The summed E-state index contributed by atoms with van der Waals surface area (Å²) in [5.41, 5.74) is 0.870. The summed E-state index contributed by atoms with van der Waals surface area (Å²) in [4.78, 5) is 11.2. The van der Waals surface area contributed by atoms with Crippen LogP contribution in [0.1, 0.15) is 5.56 Å². The lowest BCUT2D eigenvalue weighted by Gasteiger charge is -2.04. The van der Waals surface area contributed by atoms with Gasteiger partial charge >= 0.3 is 5.63 Å². The van der Waals surface area contributed by atoms with Gasteiger partial charge in [-0.15, -0.1) is 0 Å². The molecule has 2 N–H and O–H groups in total. The van der Waals surface area contributed by atoms with Gasteiger partial charge in [0.15, 0.2) is 0 Å². The highest BCUT2D eigenvalue weighted by molar-refractivity contribution is 5.81. The van der Waals surface area contributed by atoms with Crippen LogP contribution in [-0.4, -0.2) is 12.2 Å². The summed E-state index contributed by atoms with van der Waals surface area (Å²) in [6.45, 7) is 0.590. The first kappa shape index (κ1) is 9.73. The van der Waals surface area contributed by atoms with E-state index in [1.807, 2.05) is 0 Å². The Morgan fingerprint density at radius 1 is 1.40 bits per heavy atom. The quantitative estimate of drug-likeness (QED) is 0.723. The Morgan fingerprint density at radius 3 is 2.93 bits per heavy atom. The minimum atomic E-state index is -0.404. The molecule has 78 valence electrons. The molecule has 0 spiro atoms. The largest absolute Gasteiger partial charge is 0.508 e. The van der Waals surface area contributed by atoms with E-state index >= 15 is 0 Å². The van der Waals surface area contributed by atoms with E-state index in [2.05, 4.69) is 5.32 Å². The van der Waals surface area contributed by atoms with Crippen molar-refractivity contribution in [3.05, 3.63) is 40.2 Å². The molecule has 2 aromatic rings. The molecule has 1 heterocycles. The summed E-state index contributed by atoms with van der Waals surface area (Å²) in [6.07, 6.45) is 0. The molecule has 0 aliphatic rings. The summed E-state index contributed by atoms with van der Waals surface area (Å²) in [6, 6.07) is 6.20. The van der Waals surface area contributed by atoms with Crippen molar-refractivity contribution in [3.63, 3.8) is 0 Å². The number of rotatable bonds is 2. The molecule has 0 radical (unpaired) electrons. The van der Waals surface area contributed by atoms with Gasteiger partial charge in [0.1, 0.15) is 11.3 Å². The van der Waals surface area contributed by atoms with Crippen molar-refractivity contribution in [2.75, 3.05) is 7.05 Å². The van der Waals surface area contributed by atoms with E-state index in [1.54, 1.807) is 19.2 Å². The van der Waals surface area contributed by atoms with Gasteiger partial charge in [-0.3, -0.25) is 0 Å². The van der Waals surface area contributed by atoms with Gasteiger partial charge in [0.2, 0.25) is 0 Å². The fourth-order valence-electron chi connectivity index (χ4n) is 1.56. The zero-order valence-corrected chi connectivity index (χ0v) is 8.28. The maximum absolute atomic E-state index is 11.2. The monoisotopic (exact) mass is 205 g/mol. The standard InChI is InChI=1S/C11H11NO3/c1-12-6-7-4-11(14)15-10-5-8(13)2-3-9(7)10/h2-5,12-13H,6H2,1H3. The van der Waals surface area contributed by atoms with Gasteiger partial charge < -0.3 is 14.8 Å². The smallest absolute Gasteiger partial charge is 0.336 e. The van der Waals surface area contributed by atoms with Gasteiger partial charge in [-0.05, 0) is 24.7 Å². The minimum absolute atomic E-state index is 0.0901. The zero-order valence-electron chi connectivity index (χ0n) is 8.28. The summed E-state index contributed by atoms with van der Waals surface area (Å²) >= 11 is 0. The molecular weight excluding hydrogens is 194 g/mol. The predicted molar refractivity (Wildman–Crippen MR) is 56.9 cm³/mol. The average molecular weight is 205 g/mol. The normalized spacial score (nSPS) is 10.7. The Hall–Kier alpha value is -1.81. The molecule has 4 heteroatoms. The molecule has 0 aliphatic heterocycles. The van der Waals surface area contributed by atoms with E-state index in [4.69, 9.17) is 4.42 Å². The Kier molecular flexibility index (Phi) is 2.43. The van der Waals surface area contributed by atoms with Gasteiger partial charge in [0.25, 0.3) is 0 Å². The molecule has 0 unspecified atom stereocenters. The molecule has 0 aliphatic carbocycles. The van der Waals surface area contributed by atoms with E-state index in [0.717, 1.165) is 10.9 Å². The van der Waals surface area contributed by atoms with Crippen LogP contribution in [0.3, 0.4) is 0 Å². The van der Waals surface area contributed by atoms with Crippen LogP contribution in [0.5, 0.6) is 5.75 Å². The van der Waals surface area contributed by atoms with Crippen LogP contribution in [0.25, 0.3) is 11.0 Å². The SMILES string of the molecule is CNCc1cc(=O)oc2cc(O)ccc12. The lowest BCUT2D eigenvalue weighted by Crippen LogP contribution is -2.09. The van der Waals surface area contributed by atoms with Crippen molar-refractivity contribution in [2.45, 2.75) is 6.54 Å². The van der Waals surface area contributed by atoms with Crippen molar-refractivity contribution in [3.8, 4) is 5.75 Å². The van der Waals surface area contributed by atoms with Crippen LogP contribution in [0.4, 0.5) is 0 Å². The molecule has 0 amide bonds. The second kappa shape index (κ2) is 3.74. The molecule has 4 nitrogen and oxygen atoms in total. The van der Waals surface area contributed by atoms with E-state index in [0.29, 0.717) is 12.1 Å². The molecule has 0 bridgehead atoms. The molecule has 2 rings (SSSR count). The van der Waals surface area contributed by atoms with Crippen LogP contribution in [0, 0.1) is 0 Å². The van der Waals surface area contributed by atoms with Crippen molar-refractivity contribution >= 4 is 11.0 Å². The number of hydrogen-bond acceptors (Lipinski definition) is 4. The topological polar surface area (TPSA) is 62.5 Å². The highest BCUT2D eigenvalue weighted by Crippen LogP contribution is 2.21. The number of fused-ring (bicyclic) bond motifs is 1. The molecule has 0 saturated carbocycles. The van der Waals surface area contributed by atoms with Gasteiger partial charge in [-0.2, -0.15) is 0 Å². The lowest BCUT2D eigenvalue weighted by atomic mass is 10.1. The molecule has 0 atom stereocenters. The van der Waals surface area contributed by atoms with E-state index in [9.17, 15) is 9.90 Å². The first-order valence-corrected chi connectivity index (χ1v) is 4.61. The molecule has 1 aromatic carbocycles. The Morgan fingerprint density at radius 2 is 2.20 bits per heavy atom. The number of phenolic OH excluding ortho intramolecular Hbond substituents is 1. The summed E-state index contributed by atoms with van der Waals surface area (Å²) in [5.74, 6) is 0.0901. The van der Waals surface area contributed by atoms with E-state index < -0.39 is 5.63 Å². The molecule has 0 saturated heterocycles. The Labute approximate surface area is 86.2 Å². The molecule has 15 heavy (non-hydrogen) atoms. The fraction of sp³-hybridized carbons (Fsp3) is 0.182. The van der Waals surface area contributed by atoms with Gasteiger partial charge in [-0.25, -0.2) is 4.79 Å². The third-order valence-electron chi connectivity index (χ3n) is 2.18.